The van der Waals surface area contributed by atoms with E-state index in [9.17, 15) is 4.79 Å². The first-order valence-corrected chi connectivity index (χ1v) is 5.38. The summed E-state index contributed by atoms with van der Waals surface area (Å²) in [5.41, 5.74) is 1.33. The van der Waals surface area contributed by atoms with Crippen LogP contribution in [0.4, 0.5) is 5.69 Å². The molecule has 1 aromatic heterocycles. The quantitative estimate of drug-likeness (QED) is 0.591. The Labute approximate surface area is 99.9 Å². The third-order valence-electron chi connectivity index (χ3n) is 2.22. The number of benzene rings is 1. The smallest absolute Gasteiger partial charge is 0.186 e. The van der Waals surface area contributed by atoms with E-state index in [0.717, 1.165) is 5.69 Å². The zero-order chi connectivity index (χ0) is 11.9. The van der Waals surface area contributed by atoms with E-state index < -0.39 is 0 Å². The number of rotatable bonds is 4. The first-order chi connectivity index (χ1) is 8.36. The fourth-order valence-electron chi connectivity index (χ4n) is 1.38. The Hall–Kier alpha value is -2.29. The van der Waals surface area contributed by atoms with Crippen LogP contribution in [0.25, 0.3) is 0 Å². The van der Waals surface area contributed by atoms with Crippen molar-refractivity contribution in [2.24, 2.45) is 4.99 Å². The number of carbonyl (C=O) groups excluding carboxylic acids is 1. The van der Waals surface area contributed by atoms with Crippen molar-refractivity contribution in [3.8, 4) is 0 Å². The topological polar surface area (TPSA) is 42.3 Å². The highest BCUT2D eigenvalue weighted by Crippen LogP contribution is 2.09. The highest BCUT2D eigenvalue weighted by atomic mass is 16.1. The highest BCUT2D eigenvalue weighted by Gasteiger charge is 2.03. The van der Waals surface area contributed by atoms with Crippen molar-refractivity contribution in [2.45, 2.75) is 6.42 Å². The molecule has 3 nitrogen and oxygen atoms in total. The van der Waals surface area contributed by atoms with Gasteiger partial charge in [0.05, 0.1) is 5.69 Å². The monoisotopic (exact) mass is 224 g/mol. The van der Waals surface area contributed by atoms with Gasteiger partial charge >= 0.3 is 0 Å². The van der Waals surface area contributed by atoms with Gasteiger partial charge in [0.15, 0.2) is 5.78 Å². The summed E-state index contributed by atoms with van der Waals surface area (Å²) < 4.78 is 0. The number of carbonyl (C=O) groups is 1. The normalized spacial score (nSPS) is 10.6. The predicted octanol–water partition coefficient (Wildman–Crippen LogP) is 3.06. The number of pyridine rings is 1. The summed E-state index contributed by atoms with van der Waals surface area (Å²) in [4.78, 5) is 19.9. The predicted molar refractivity (Wildman–Crippen MR) is 67.8 cm³/mol. The molecule has 0 unspecified atom stereocenters. The lowest BCUT2D eigenvalue weighted by molar-refractivity contribution is 0.0997. The van der Waals surface area contributed by atoms with Gasteiger partial charge in [-0.2, -0.15) is 0 Å². The summed E-state index contributed by atoms with van der Waals surface area (Å²) in [7, 11) is 0. The lowest BCUT2D eigenvalue weighted by Gasteiger charge is -1.95. The Morgan fingerprint density at radius 3 is 2.59 bits per heavy atom. The van der Waals surface area contributed by atoms with Crippen molar-refractivity contribution in [3.05, 3.63) is 60.4 Å². The molecule has 2 aromatic rings. The van der Waals surface area contributed by atoms with E-state index in [1.165, 1.54) is 0 Å². The second kappa shape index (κ2) is 5.70. The summed E-state index contributed by atoms with van der Waals surface area (Å²) in [6.07, 6.45) is 3.50. The lowest BCUT2D eigenvalue weighted by atomic mass is 10.2. The molecule has 84 valence electrons. The zero-order valence-electron chi connectivity index (χ0n) is 9.28. The molecule has 0 atom stereocenters. The molecule has 0 saturated heterocycles. The lowest BCUT2D eigenvalue weighted by Crippen LogP contribution is -2.01. The Kier molecular flexibility index (Phi) is 3.76. The molecule has 1 heterocycles. The minimum Gasteiger partial charge on any atom is -0.292 e. The number of hydrogen-bond acceptors (Lipinski definition) is 3. The molecule has 0 fully saturated rings. The van der Waals surface area contributed by atoms with E-state index in [2.05, 4.69) is 9.98 Å². The van der Waals surface area contributed by atoms with Crippen molar-refractivity contribution in [1.82, 2.24) is 4.98 Å². The van der Waals surface area contributed by atoms with Crippen LogP contribution < -0.4 is 0 Å². The van der Waals surface area contributed by atoms with Crippen LogP contribution in [0.15, 0.2) is 59.7 Å². The molecule has 0 aliphatic heterocycles. The molecule has 0 aliphatic carbocycles. The van der Waals surface area contributed by atoms with Crippen molar-refractivity contribution in [3.63, 3.8) is 0 Å². The van der Waals surface area contributed by atoms with Crippen molar-refractivity contribution < 1.29 is 4.79 Å². The Morgan fingerprint density at radius 1 is 1.12 bits per heavy atom. The number of para-hydroxylation sites is 1. The van der Waals surface area contributed by atoms with Crippen LogP contribution in [-0.4, -0.2) is 17.0 Å². The van der Waals surface area contributed by atoms with Gasteiger partial charge in [-0.25, -0.2) is 0 Å². The summed E-state index contributed by atoms with van der Waals surface area (Å²) in [5.74, 6) is -0.0229. The van der Waals surface area contributed by atoms with E-state index in [1.54, 1.807) is 30.6 Å². The molecule has 0 N–H and O–H groups in total. The third-order valence-corrected chi connectivity index (χ3v) is 2.22. The maximum Gasteiger partial charge on any atom is 0.186 e. The minimum absolute atomic E-state index is 0.0229. The Bertz CT molecular complexity index is 506. The van der Waals surface area contributed by atoms with Gasteiger partial charge in [-0.1, -0.05) is 24.3 Å². The average Bonchev–Trinajstić information content (AvgIpc) is 2.41. The summed E-state index contributed by atoms with van der Waals surface area (Å²) in [5, 5.41) is 0. The number of ketones is 1. The largest absolute Gasteiger partial charge is 0.292 e. The summed E-state index contributed by atoms with van der Waals surface area (Å²) >= 11 is 0. The van der Waals surface area contributed by atoms with Gasteiger partial charge in [0.1, 0.15) is 5.69 Å². The molecule has 0 saturated carbocycles. The number of aliphatic imine (C=N–C) groups is 1. The molecule has 0 radical (unpaired) electrons. The van der Waals surface area contributed by atoms with E-state index in [0.29, 0.717) is 5.69 Å². The fraction of sp³-hybridized carbons (Fsp3) is 0.0714. The van der Waals surface area contributed by atoms with Crippen LogP contribution in [0.5, 0.6) is 0 Å². The maximum absolute atomic E-state index is 11.7. The molecule has 17 heavy (non-hydrogen) atoms. The van der Waals surface area contributed by atoms with Gasteiger partial charge in [-0.3, -0.25) is 14.8 Å². The van der Waals surface area contributed by atoms with Crippen LogP contribution in [0.1, 0.15) is 16.9 Å². The third kappa shape index (κ3) is 3.34. The minimum atomic E-state index is -0.0229. The number of nitrogens with zero attached hydrogens (tertiary/aromatic N) is 2. The summed E-state index contributed by atoms with van der Waals surface area (Å²) in [6.45, 7) is 0. The van der Waals surface area contributed by atoms with Crippen LogP contribution in [0.3, 0.4) is 0 Å². The van der Waals surface area contributed by atoms with E-state index in [1.807, 2.05) is 30.3 Å². The second-order valence-electron chi connectivity index (χ2n) is 3.49. The molecule has 2 rings (SSSR count). The number of Topliss-reactive ketones (excluding diaryl/α,β-unsaturated/α-hetero) is 1. The first-order valence-electron chi connectivity index (χ1n) is 5.38. The van der Waals surface area contributed by atoms with Crippen LogP contribution >= 0.6 is 0 Å². The van der Waals surface area contributed by atoms with E-state index >= 15 is 0 Å². The van der Waals surface area contributed by atoms with Gasteiger partial charge in [-0.05, 0) is 24.3 Å². The van der Waals surface area contributed by atoms with Crippen molar-refractivity contribution in [2.75, 3.05) is 0 Å². The molecule has 3 heteroatoms. The molecule has 0 spiro atoms. The second-order valence-corrected chi connectivity index (χ2v) is 3.49. The SMILES string of the molecule is O=C(CC=Nc1ccccc1)c1ccccn1. The highest BCUT2D eigenvalue weighted by molar-refractivity contribution is 6.02. The van der Waals surface area contributed by atoms with Crippen molar-refractivity contribution in [1.29, 1.82) is 0 Å². The maximum atomic E-state index is 11.7. The van der Waals surface area contributed by atoms with Gasteiger partial charge in [0.25, 0.3) is 0 Å². The van der Waals surface area contributed by atoms with Gasteiger partial charge in [-0.15, -0.1) is 0 Å². The molecular formula is C14H12N2O. The molecule has 0 aliphatic rings. The Balaban J connectivity index is 1.95. The van der Waals surface area contributed by atoms with Crippen LogP contribution in [-0.2, 0) is 0 Å². The standard InChI is InChI=1S/C14H12N2O/c17-14(13-8-4-5-10-16-13)9-11-15-12-6-2-1-3-7-12/h1-8,10-11H,9H2. The number of aromatic nitrogens is 1. The molecule has 0 bridgehead atoms. The number of hydrogen-bond donors (Lipinski definition) is 0. The van der Waals surface area contributed by atoms with Crippen molar-refractivity contribution >= 4 is 17.7 Å². The fourth-order valence-corrected chi connectivity index (χ4v) is 1.38. The molecule has 0 amide bonds. The van der Waals surface area contributed by atoms with Gasteiger partial charge in [0, 0.05) is 18.8 Å². The van der Waals surface area contributed by atoms with Crippen LogP contribution in [0, 0.1) is 0 Å². The van der Waals surface area contributed by atoms with E-state index in [4.69, 9.17) is 0 Å². The van der Waals surface area contributed by atoms with Gasteiger partial charge < -0.3 is 0 Å². The zero-order valence-corrected chi connectivity index (χ0v) is 9.28. The van der Waals surface area contributed by atoms with Crippen LogP contribution in [0.2, 0.25) is 0 Å². The molecular weight excluding hydrogens is 212 g/mol. The summed E-state index contributed by atoms with van der Waals surface area (Å²) in [6, 6.07) is 14.8. The Morgan fingerprint density at radius 2 is 1.88 bits per heavy atom. The molecule has 1 aromatic carbocycles. The van der Waals surface area contributed by atoms with E-state index in [-0.39, 0.29) is 12.2 Å². The van der Waals surface area contributed by atoms with Gasteiger partial charge in [0.2, 0.25) is 0 Å². The average molecular weight is 224 g/mol. The first kappa shape index (κ1) is 11.2.